The number of furan rings is 1. The Morgan fingerprint density at radius 2 is 2.00 bits per heavy atom. The number of hydrogen-bond donors (Lipinski definition) is 1. The van der Waals surface area contributed by atoms with Gasteiger partial charge >= 0.3 is 0 Å². The van der Waals surface area contributed by atoms with E-state index in [1.165, 1.54) is 17.0 Å². The maximum absolute atomic E-state index is 13.2. The van der Waals surface area contributed by atoms with Gasteiger partial charge in [0.25, 0.3) is 5.91 Å². The minimum absolute atomic E-state index is 0.156. The fourth-order valence-electron chi connectivity index (χ4n) is 4.17. The number of rotatable bonds is 8. The number of benzene rings is 2. The molecule has 184 valence electrons. The van der Waals surface area contributed by atoms with Gasteiger partial charge in [-0.15, -0.1) is 11.3 Å². The number of carbonyl (C=O) groups excluding carboxylic acids is 1. The largest absolute Gasteiger partial charge is 0.488 e. The molecule has 0 atom stereocenters. The van der Waals surface area contributed by atoms with Crippen LogP contribution in [-0.4, -0.2) is 12.1 Å². The van der Waals surface area contributed by atoms with Gasteiger partial charge in [0.15, 0.2) is 0 Å². The van der Waals surface area contributed by atoms with Gasteiger partial charge in [-0.25, -0.2) is 9.38 Å². The van der Waals surface area contributed by atoms with Gasteiger partial charge in [0, 0.05) is 21.7 Å². The quantitative estimate of drug-likeness (QED) is 0.247. The van der Waals surface area contributed by atoms with Crippen LogP contribution >= 0.6 is 22.9 Å². The average molecular weight is 523 g/mol. The van der Waals surface area contributed by atoms with Crippen molar-refractivity contribution < 1.29 is 18.3 Å². The molecule has 0 aliphatic heterocycles. The standard InChI is InChI=1S/C28H24ClFN2O3S/c29-20-9-12-24(35-17-18-7-10-21(30)11-8-18)19(14-20)15-32-28-26(23-5-1-2-6-25(23)36-28)27(33)31-16-22-4-3-13-34-22/h3-4,7-15H,1-2,5-6,16-17H2,(H,31,33). The molecule has 0 radical (unpaired) electrons. The van der Waals surface area contributed by atoms with Crippen molar-refractivity contribution in [2.45, 2.75) is 38.8 Å². The highest BCUT2D eigenvalue weighted by atomic mass is 35.5. The van der Waals surface area contributed by atoms with Crippen LogP contribution in [0.1, 0.15) is 50.5 Å². The fourth-order valence-corrected chi connectivity index (χ4v) is 5.58. The van der Waals surface area contributed by atoms with E-state index in [-0.39, 0.29) is 18.3 Å². The van der Waals surface area contributed by atoms with Crippen molar-refractivity contribution in [3.8, 4) is 5.75 Å². The molecule has 2 aromatic heterocycles. The van der Waals surface area contributed by atoms with E-state index < -0.39 is 0 Å². The summed E-state index contributed by atoms with van der Waals surface area (Å²) < 4.78 is 24.5. The molecule has 1 aliphatic rings. The van der Waals surface area contributed by atoms with Gasteiger partial charge in [-0.05, 0) is 79.3 Å². The van der Waals surface area contributed by atoms with E-state index in [2.05, 4.69) is 5.32 Å². The number of ether oxygens (including phenoxy) is 1. The first-order chi connectivity index (χ1) is 17.6. The van der Waals surface area contributed by atoms with Gasteiger partial charge in [0.2, 0.25) is 0 Å². The predicted molar refractivity (Wildman–Crippen MR) is 140 cm³/mol. The van der Waals surface area contributed by atoms with E-state index in [0.29, 0.717) is 39.2 Å². The Morgan fingerprint density at radius 1 is 1.17 bits per heavy atom. The molecule has 4 aromatic rings. The highest BCUT2D eigenvalue weighted by molar-refractivity contribution is 7.16. The van der Waals surface area contributed by atoms with Crippen LogP contribution in [-0.2, 0) is 26.0 Å². The normalized spacial score (nSPS) is 13.1. The zero-order chi connectivity index (χ0) is 24.9. The van der Waals surface area contributed by atoms with E-state index in [9.17, 15) is 9.18 Å². The van der Waals surface area contributed by atoms with E-state index in [4.69, 9.17) is 25.7 Å². The van der Waals surface area contributed by atoms with Gasteiger partial charge in [0.05, 0.1) is 18.4 Å². The zero-order valence-electron chi connectivity index (χ0n) is 19.4. The summed E-state index contributed by atoms with van der Waals surface area (Å²) >= 11 is 7.82. The summed E-state index contributed by atoms with van der Waals surface area (Å²) in [5.74, 6) is 0.842. The zero-order valence-corrected chi connectivity index (χ0v) is 21.0. The molecule has 0 fully saturated rings. The Labute approximate surface area is 217 Å². The highest BCUT2D eigenvalue weighted by Crippen LogP contribution is 2.40. The molecule has 1 amide bonds. The monoisotopic (exact) mass is 522 g/mol. The van der Waals surface area contributed by atoms with Gasteiger partial charge in [-0.3, -0.25) is 4.79 Å². The molecular weight excluding hydrogens is 499 g/mol. The van der Waals surface area contributed by atoms with E-state index in [1.807, 2.05) is 6.07 Å². The van der Waals surface area contributed by atoms with Crippen LogP contribution in [0.4, 0.5) is 9.39 Å². The van der Waals surface area contributed by atoms with Gasteiger partial charge in [-0.2, -0.15) is 0 Å². The Kier molecular flexibility index (Phi) is 7.49. The maximum Gasteiger partial charge on any atom is 0.255 e. The number of thiophene rings is 1. The van der Waals surface area contributed by atoms with Crippen LogP contribution in [0.25, 0.3) is 0 Å². The van der Waals surface area contributed by atoms with Crippen molar-refractivity contribution >= 4 is 40.1 Å². The second kappa shape index (κ2) is 11.1. The van der Waals surface area contributed by atoms with E-state index in [1.54, 1.807) is 60.2 Å². The summed E-state index contributed by atoms with van der Waals surface area (Å²) in [6, 6.07) is 15.1. The summed E-state index contributed by atoms with van der Waals surface area (Å²) in [5.41, 5.74) is 3.26. The van der Waals surface area contributed by atoms with E-state index in [0.717, 1.165) is 36.8 Å². The number of fused-ring (bicyclic) bond motifs is 1. The van der Waals surface area contributed by atoms with Crippen molar-refractivity contribution in [2.24, 2.45) is 4.99 Å². The molecule has 2 aromatic carbocycles. The molecular formula is C28H24ClFN2O3S. The Bertz CT molecular complexity index is 1380. The summed E-state index contributed by atoms with van der Waals surface area (Å²) in [6.45, 7) is 0.589. The van der Waals surface area contributed by atoms with E-state index >= 15 is 0 Å². The average Bonchev–Trinajstić information content (AvgIpc) is 3.54. The lowest BCUT2D eigenvalue weighted by molar-refractivity contribution is 0.0948. The lowest BCUT2D eigenvalue weighted by Crippen LogP contribution is -2.23. The number of nitrogens with one attached hydrogen (secondary N) is 1. The number of aliphatic imine (C=N–C) groups is 1. The minimum Gasteiger partial charge on any atom is -0.488 e. The first-order valence-electron chi connectivity index (χ1n) is 11.7. The molecule has 36 heavy (non-hydrogen) atoms. The SMILES string of the molecule is O=C(NCc1ccco1)c1c(N=Cc2cc(Cl)ccc2OCc2ccc(F)cc2)sc2c1CCCC2. The Balaban J connectivity index is 1.40. The third-order valence-corrected chi connectivity index (χ3v) is 7.42. The van der Waals surface area contributed by atoms with Gasteiger partial charge in [0.1, 0.15) is 28.9 Å². The summed E-state index contributed by atoms with van der Waals surface area (Å²) in [6.07, 6.45) is 7.27. The predicted octanol–water partition coefficient (Wildman–Crippen LogP) is 7.27. The molecule has 1 N–H and O–H groups in total. The van der Waals surface area contributed by atoms with Crippen LogP contribution < -0.4 is 10.1 Å². The third kappa shape index (κ3) is 5.69. The lowest BCUT2D eigenvalue weighted by atomic mass is 9.95. The highest BCUT2D eigenvalue weighted by Gasteiger charge is 2.25. The van der Waals surface area contributed by atoms with Crippen molar-refractivity contribution in [3.63, 3.8) is 0 Å². The van der Waals surface area contributed by atoms with Crippen LogP contribution in [0.5, 0.6) is 5.75 Å². The molecule has 0 saturated carbocycles. The Hall–Kier alpha value is -3.42. The first-order valence-corrected chi connectivity index (χ1v) is 12.9. The maximum atomic E-state index is 13.2. The van der Waals surface area contributed by atoms with Crippen LogP contribution in [0.15, 0.2) is 70.3 Å². The molecule has 5 nitrogen and oxygen atoms in total. The molecule has 0 spiro atoms. The smallest absolute Gasteiger partial charge is 0.255 e. The summed E-state index contributed by atoms with van der Waals surface area (Å²) in [4.78, 5) is 19.2. The second-order valence-electron chi connectivity index (χ2n) is 8.51. The molecule has 0 saturated heterocycles. The van der Waals surface area contributed by atoms with Crippen molar-refractivity contribution in [1.82, 2.24) is 5.32 Å². The van der Waals surface area contributed by atoms with Crippen molar-refractivity contribution in [1.29, 1.82) is 0 Å². The molecule has 2 heterocycles. The molecule has 5 rings (SSSR count). The van der Waals surface area contributed by atoms with Crippen molar-refractivity contribution in [2.75, 3.05) is 0 Å². The lowest BCUT2D eigenvalue weighted by Gasteiger charge is -2.12. The number of hydrogen-bond acceptors (Lipinski definition) is 5. The second-order valence-corrected chi connectivity index (χ2v) is 10.0. The molecule has 0 unspecified atom stereocenters. The van der Waals surface area contributed by atoms with Gasteiger partial charge < -0.3 is 14.5 Å². The topological polar surface area (TPSA) is 63.8 Å². The number of carbonyl (C=O) groups is 1. The minimum atomic E-state index is -0.291. The van der Waals surface area contributed by atoms with Crippen molar-refractivity contribution in [3.05, 3.63) is 105 Å². The first kappa shape index (κ1) is 24.3. The number of nitrogens with zero attached hydrogens (tertiary/aromatic N) is 1. The van der Waals surface area contributed by atoms with Gasteiger partial charge in [-0.1, -0.05) is 23.7 Å². The summed E-state index contributed by atoms with van der Waals surface area (Å²) in [7, 11) is 0. The number of amides is 1. The summed E-state index contributed by atoms with van der Waals surface area (Å²) in [5, 5.41) is 4.18. The Morgan fingerprint density at radius 3 is 2.81 bits per heavy atom. The van der Waals surface area contributed by atoms with Crippen LogP contribution in [0.3, 0.4) is 0 Å². The molecule has 0 bridgehead atoms. The molecule has 1 aliphatic carbocycles. The van der Waals surface area contributed by atoms with Crippen LogP contribution in [0, 0.1) is 5.82 Å². The number of aryl methyl sites for hydroxylation is 1. The van der Waals surface area contributed by atoms with Crippen LogP contribution in [0.2, 0.25) is 5.02 Å². The number of halogens is 2. The molecule has 8 heteroatoms. The third-order valence-electron chi connectivity index (χ3n) is 5.98. The fraction of sp³-hybridized carbons (Fsp3) is 0.214.